The van der Waals surface area contributed by atoms with Gasteiger partial charge in [0.2, 0.25) is 5.91 Å². The number of fused-ring (bicyclic) bond motifs is 1. The van der Waals surface area contributed by atoms with Gasteiger partial charge in [0.15, 0.2) is 0 Å². The number of aromatic nitrogens is 2. The van der Waals surface area contributed by atoms with Gasteiger partial charge in [0.1, 0.15) is 5.65 Å². The van der Waals surface area contributed by atoms with Crippen molar-refractivity contribution in [2.45, 2.75) is 26.7 Å². The lowest BCUT2D eigenvalue weighted by Gasteiger charge is -2.23. The Balaban J connectivity index is 1.41. The number of rotatable bonds is 3. The van der Waals surface area contributed by atoms with E-state index in [4.69, 9.17) is 0 Å². The lowest BCUT2D eigenvalue weighted by atomic mass is 10.2. The molecule has 0 saturated carbocycles. The third-order valence-corrected chi connectivity index (χ3v) is 5.31. The second-order valence-corrected chi connectivity index (χ2v) is 7.39. The van der Waals surface area contributed by atoms with Crippen LogP contribution in [0, 0.1) is 13.8 Å². The van der Waals surface area contributed by atoms with Gasteiger partial charge in [-0.3, -0.25) is 4.79 Å². The summed E-state index contributed by atoms with van der Waals surface area (Å²) < 4.78 is 2.00. The highest BCUT2D eigenvalue weighted by Crippen LogP contribution is 2.18. The standard InChI is InChI=1S/C22H26N4O/c1-17-6-8-20(9-7-17)24-11-4-12-25(14-13-24)21(27)15-19-16-26-10-3-5-18(2)22(26)23-19/h3,5-10,16H,4,11-15H2,1-2H3. The molecular formula is C22H26N4O. The van der Waals surface area contributed by atoms with Gasteiger partial charge in [-0.1, -0.05) is 23.8 Å². The van der Waals surface area contributed by atoms with Crippen molar-refractivity contribution in [2.75, 3.05) is 31.1 Å². The van der Waals surface area contributed by atoms with Gasteiger partial charge in [-0.2, -0.15) is 0 Å². The van der Waals surface area contributed by atoms with Crippen molar-refractivity contribution in [2.24, 2.45) is 0 Å². The van der Waals surface area contributed by atoms with Crippen LogP contribution < -0.4 is 4.90 Å². The summed E-state index contributed by atoms with van der Waals surface area (Å²) in [7, 11) is 0. The molecule has 0 unspecified atom stereocenters. The Kier molecular flexibility index (Phi) is 4.84. The van der Waals surface area contributed by atoms with Gasteiger partial charge in [0.25, 0.3) is 0 Å². The summed E-state index contributed by atoms with van der Waals surface area (Å²) in [6, 6.07) is 12.7. The molecule has 2 aromatic heterocycles. The third-order valence-electron chi connectivity index (χ3n) is 5.31. The Labute approximate surface area is 160 Å². The lowest BCUT2D eigenvalue weighted by molar-refractivity contribution is -0.130. The van der Waals surface area contributed by atoms with E-state index in [1.54, 1.807) is 0 Å². The number of aryl methyl sites for hydroxylation is 2. The van der Waals surface area contributed by atoms with Gasteiger partial charge in [-0.15, -0.1) is 0 Å². The molecule has 1 saturated heterocycles. The zero-order valence-electron chi connectivity index (χ0n) is 16.1. The fraction of sp³-hybridized carbons (Fsp3) is 0.364. The first-order valence-electron chi connectivity index (χ1n) is 9.63. The SMILES string of the molecule is Cc1ccc(N2CCCN(C(=O)Cc3cn4cccc(C)c4n3)CC2)cc1. The summed E-state index contributed by atoms with van der Waals surface area (Å²) in [5.74, 6) is 0.168. The Hall–Kier alpha value is -2.82. The van der Waals surface area contributed by atoms with Crippen molar-refractivity contribution in [3.05, 3.63) is 65.6 Å². The molecule has 0 bridgehead atoms. The maximum Gasteiger partial charge on any atom is 0.228 e. The van der Waals surface area contributed by atoms with Crippen molar-refractivity contribution < 1.29 is 4.79 Å². The first-order valence-corrected chi connectivity index (χ1v) is 9.63. The highest BCUT2D eigenvalue weighted by Gasteiger charge is 2.20. The number of anilines is 1. The molecule has 1 amide bonds. The van der Waals surface area contributed by atoms with E-state index in [1.807, 2.05) is 40.8 Å². The number of amides is 1. The molecule has 0 radical (unpaired) electrons. The molecule has 0 atom stereocenters. The van der Waals surface area contributed by atoms with Crippen molar-refractivity contribution in [3.63, 3.8) is 0 Å². The fourth-order valence-electron chi connectivity index (χ4n) is 3.74. The molecule has 1 aromatic carbocycles. The van der Waals surface area contributed by atoms with E-state index in [9.17, 15) is 4.79 Å². The van der Waals surface area contributed by atoms with Crippen LogP contribution in [0.15, 0.2) is 48.8 Å². The molecule has 1 fully saturated rings. The van der Waals surface area contributed by atoms with Crippen LogP contribution in [-0.4, -0.2) is 46.4 Å². The maximum absolute atomic E-state index is 12.8. The van der Waals surface area contributed by atoms with Crippen LogP contribution in [0.4, 0.5) is 5.69 Å². The number of pyridine rings is 1. The molecule has 140 valence electrons. The summed E-state index contributed by atoms with van der Waals surface area (Å²) in [6.45, 7) is 7.59. The predicted molar refractivity (Wildman–Crippen MR) is 108 cm³/mol. The normalized spacial score (nSPS) is 15.2. The number of hydrogen-bond acceptors (Lipinski definition) is 3. The fourth-order valence-corrected chi connectivity index (χ4v) is 3.74. The van der Waals surface area contributed by atoms with E-state index in [-0.39, 0.29) is 5.91 Å². The average molecular weight is 362 g/mol. The molecule has 0 N–H and O–H groups in total. The molecule has 5 heteroatoms. The van der Waals surface area contributed by atoms with Crippen molar-refractivity contribution in [1.29, 1.82) is 0 Å². The smallest absolute Gasteiger partial charge is 0.228 e. The Morgan fingerprint density at radius 1 is 1.04 bits per heavy atom. The molecule has 1 aliphatic rings. The van der Waals surface area contributed by atoms with Crippen LogP contribution in [0.2, 0.25) is 0 Å². The molecule has 5 nitrogen and oxygen atoms in total. The van der Waals surface area contributed by atoms with Gasteiger partial charge < -0.3 is 14.2 Å². The average Bonchev–Trinajstić information content (AvgIpc) is 2.91. The first-order chi connectivity index (χ1) is 13.1. The summed E-state index contributed by atoms with van der Waals surface area (Å²) in [5, 5.41) is 0. The summed E-state index contributed by atoms with van der Waals surface area (Å²) in [6.07, 6.45) is 5.31. The van der Waals surface area contributed by atoms with E-state index in [0.29, 0.717) is 6.42 Å². The van der Waals surface area contributed by atoms with Crippen LogP contribution in [0.5, 0.6) is 0 Å². The minimum atomic E-state index is 0.168. The summed E-state index contributed by atoms with van der Waals surface area (Å²) in [5.41, 5.74) is 5.41. The third kappa shape index (κ3) is 3.82. The zero-order valence-corrected chi connectivity index (χ0v) is 16.1. The maximum atomic E-state index is 12.8. The predicted octanol–water partition coefficient (Wildman–Crippen LogP) is 3.23. The van der Waals surface area contributed by atoms with Crippen LogP contribution in [0.3, 0.4) is 0 Å². The number of carbonyl (C=O) groups excluding carboxylic acids is 1. The monoisotopic (exact) mass is 362 g/mol. The van der Waals surface area contributed by atoms with E-state index >= 15 is 0 Å². The van der Waals surface area contributed by atoms with Crippen molar-refractivity contribution >= 4 is 17.2 Å². The Bertz CT molecular complexity index is 945. The highest BCUT2D eigenvalue weighted by atomic mass is 16.2. The van der Waals surface area contributed by atoms with Gasteiger partial charge in [-0.05, 0) is 44.0 Å². The zero-order chi connectivity index (χ0) is 18.8. The second kappa shape index (κ2) is 7.43. The number of carbonyl (C=O) groups is 1. The molecule has 0 spiro atoms. The molecule has 4 rings (SSSR count). The molecular weight excluding hydrogens is 336 g/mol. The molecule has 0 aliphatic carbocycles. The molecule has 3 aromatic rings. The molecule has 3 heterocycles. The minimum Gasteiger partial charge on any atom is -0.370 e. The largest absolute Gasteiger partial charge is 0.370 e. The van der Waals surface area contributed by atoms with Crippen molar-refractivity contribution in [3.8, 4) is 0 Å². The lowest BCUT2D eigenvalue weighted by Crippen LogP contribution is -2.36. The van der Waals surface area contributed by atoms with Gasteiger partial charge >= 0.3 is 0 Å². The number of nitrogens with zero attached hydrogens (tertiary/aromatic N) is 4. The van der Waals surface area contributed by atoms with Gasteiger partial charge in [0, 0.05) is 44.3 Å². The summed E-state index contributed by atoms with van der Waals surface area (Å²) in [4.78, 5) is 21.8. The quantitative estimate of drug-likeness (QED) is 0.718. The van der Waals surface area contributed by atoms with Crippen LogP contribution in [0.25, 0.3) is 5.65 Å². The minimum absolute atomic E-state index is 0.168. The van der Waals surface area contributed by atoms with E-state index in [2.05, 4.69) is 41.1 Å². The van der Waals surface area contributed by atoms with E-state index < -0.39 is 0 Å². The number of imidazole rings is 1. The van der Waals surface area contributed by atoms with Crippen molar-refractivity contribution in [1.82, 2.24) is 14.3 Å². The van der Waals surface area contributed by atoms with Crippen LogP contribution in [0.1, 0.15) is 23.2 Å². The van der Waals surface area contributed by atoms with E-state index in [1.165, 1.54) is 11.3 Å². The Morgan fingerprint density at radius 3 is 2.63 bits per heavy atom. The topological polar surface area (TPSA) is 40.9 Å². The first kappa shape index (κ1) is 17.6. The van der Waals surface area contributed by atoms with Crippen LogP contribution in [-0.2, 0) is 11.2 Å². The molecule has 27 heavy (non-hydrogen) atoms. The second-order valence-electron chi connectivity index (χ2n) is 7.39. The van der Waals surface area contributed by atoms with E-state index in [0.717, 1.165) is 49.5 Å². The van der Waals surface area contributed by atoms with Crippen LogP contribution >= 0.6 is 0 Å². The van der Waals surface area contributed by atoms with Gasteiger partial charge in [-0.25, -0.2) is 4.98 Å². The van der Waals surface area contributed by atoms with Gasteiger partial charge in [0.05, 0.1) is 12.1 Å². The Morgan fingerprint density at radius 2 is 1.85 bits per heavy atom. The number of hydrogen-bond donors (Lipinski definition) is 0. The number of benzene rings is 1. The summed E-state index contributed by atoms with van der Waals surface area (Å²) >= 11 is 0. The molecule has 1 aliphatic heterocycles. The highest BCUT2D eigenvalue weighted by molar-refractivity contribution is 5.78.